The molecular weight excluding hydrogens is 240 g/mol. The lowest BCUT2D eigenvalue weighted by Gasteiger charge is -2.30. The summed E-state index contributed by atoms with van der Waals surface area (Å²) in [7, 11) is 1.87. The van der Waals surface area contributed by atoms with Crippen molar-refractivity contribution in [3.05, 3.63) is 35.9 Å². The molecule has 0 radical (unpaired) electrons. The molecule has 1 amide bonds. The van der Waals surface area contributed by atoms with E-state index in [1.165, 1.54) is 0 Å². The van der Waals surface area contributed by atoms with Crippen LogP contribution >= 0.6 is 0 Å². The van der Waals surface area contributed by atoms with Crippen LogP contribution in [0.4, 0.5) is 4.79 Å². The van der Waals surface area contributed by atoms with E-state index in [1.54, 1.807) is 0 Å². The van der Waals surface area contributed by atoms with Crippen LogP contribution in [0.2, 0.25) is 0 Å². The van der Waals surface area contributed by atoms with E-state index < -0.39 is 0 Å². The van der Waals surface area contributed by atoms with Crippen molar-refractivity contribution in [2.45, 2.75) is 33.4 Å². The quantitative estimate of drug-likeness (QED) is 0.859. The molecule has 2 N–H and O–H groups in total. The number of amides is 1. The van der Waals surface area contributed by atoms with Gasteiger partial charge in [0.2, 0.25) is 0 Å². The molecule has 0 saturated carbocycles. The molecule has 0 aliphatic heterocycles. The number of rotatable bonds is 5. The van der Waals surface area contributed by atoms with Gasteiger partial charge in [-0.05, 0) is 18.0 Å². The number of ether oxygens (including phenoxy) is 1. The van der Waals surface area contributed by atoms with Crippen LogP contribution in [-0.4, -0.2) is 25.7 Å². The van der Waals surface area contributed by atoms with Crippen molar-refractivity contribution in [3.63, 3.8) is 0 Å². The second-order valence-electron chi connectivity index (χ2n) is 5.68. The Kier molecular flexibility index (Phi) is 5.83. The number of carbonyl (C=O) groups is 1. The van der Waals surface area contributed by atoms with Gasteiger partial charge >= 0.3 is 6.09 Å². The fourth-order valence-electron chi connectivity index (χ4n) is 1.68. The van der Waals surface area contributed by atoms with E-state index >= 15 is 0 Å². The summed E-state index contributed by atoms with van der Waals surface area (Å²) in [5, 5.41) is 5.99. The summed E-state index contributed by atoms with van der Waals surface area (Å²) < 4.78 is 5.22. The van der Waals surface area contributed by atoms with Gasteiger partial charge in [-0.15, -0.1) is 0 Å². The first-order valence-corrected chi connectivity index (χ1v) is 6.55. The van der Waals surface area contributed by atoms with Gasteiger partial charge in [-0.3, -0.25) is 0 Å². The molecule has 1 atom stereocenters. The number of carbonyl (C=O) groups excluding carboxylic acids is 1. The number of nitrogens with one attached hydrogen (secondary N) is 2. The summed E-state index contributed by atoms with van der Waals surface area (Å²) in [6.45, 7) is 7.28. The Morgan fingerprint density at radius 1 is 1.26 bits per heavy atom. The molecule has 19 heavy (non-hydrogen) atoms. The van der Waals surface area contributed by atoms with E-state index in [0.717, 1.165) is 5.56 Å². The molecule has 0 aliphatic rings. The summed E-state index contributed by atoms with van der Waals surface area (Å²) in [4.78, 5) is 11.8. The van der Waals surface area contributed by atoms with Crippen LogP contribution in [0.25, 0.3) is 0 Å². The second-order valence-corrected chi connectivity index (χ2v) is 5.68. The SMILES string of the molecule is CNC[C@@H](NC(=O)OCc1ccccc1)C(C)(C)C. The highest BCUT2D eigenvalue weighted by atomic mass is 16.5. The van der Waals surface area contributed by atoms with Gasteiger partial charge in [-0.25, -0.2) is 4.79 Å². The summed E-state index contributed by atoms with van der Waals surface area (Å²) in [6.07, 6.45) is -0.376. The Bertz CT molecular complexity index is 385. The maximum Gasteiger partial charge on any atom is 0.407 e. The van der Waals surface area contributed by atoms with Crippen LogP contribution in [0.1, 0.15) is 26.3 Å². The molecule has 106 valence electrons. The van der Waals surface area contributed by atoms with Crippen LogP contribution in [0.5, 0.6) is 0 Å². The lowest BCUT2D eigenvalue weighted by molar-refractivity contribution is 0.126. The highest BCUT2D eigenvalue weighted by Gasteiger charge is 2.25. The average molecular weight is 264 g/mol. The fourth-order valence-corrected chi connectivity index (χ4v) is 1.68. The molecule has 4 nitrogen and oxygen atoms in total. The largest absolute Gasteiger partial charge is 0.445 e. The third-order valence-electron chi connectivity index (χ3n) is 2.96. The molecule has 1 rings (SSSR count). The van der Waals surface area contributed by atoms with Crippen molar-refractivity contribution in [1.29, 1.82) is 0 Å². The predicted molar refractivity (Wildman–Crippen MR) is 76.9 cm³/mol. The standard InChI is InChI=1S/C15H24N2O2/c1-15(2,3)13(10-16-4)17-14(18)19-11-12-8-6-5-7-9-12/h5-9,13,16H,10-11H2,1-4H3,(H,17,18)/t13-/m1/s1. The topological polar surface area (TPSA) is 50.4 Å². The molecule has 0 fully saturated rings. The zero-order valence-corrected chi connectivity index (χ0v) is 12.2. The van der Waals surface area contributed by atoms with E-state index in [2.05, 4.69) is 31.4 Å². The van der Waals surface area contributed by atoms with Gasteiger partial charge in [0, 0.05) is 12.6 Å². The lowest BCUT2D eigenvalue weighted by Crippen LogP contribution is -2.49. The second kappa shape index (κ2) is 7.14. The van der Waals surface area contributed by atoms with Crippen molar-refractivity contribution in [2.75, 3.05) is 13.6 Å². The zero-order chi connectivity index (χ0) is 14.3. The number of likely N-dealkylation sites (N-methyl/N-ethyl adjacent to an activating group) is 1. The van der Waals surface area contributed by atoms with Crippen LogP contribution in [0, 0.1) is 5.41 Å². The van der Waals surface area contributed by atoms with E-state index in [0.29, 0.717) is 13.2 Å². The smallest absolute Gasteiger partial charge is 0.407 e. The van der Waals surface area contributed by atoms with Crippen molar-refractivity contribution in [3.8, 4) is 0 Å². The molecule has 0 unspecified atom stereocenters. The van der Waals surface area contributed by atoms with Crippen LogP contribution in [0.3, 0.4) is 0 Å². The van der Waals surface area contributed by atoms with Gasteiger partial charge in [-0.2, -0.15) is 0 Å². The Balaban J connectivity index is 2.45. The van der Waals surface area contributed by atoms with Gasteiger partial charge in [0.1, 0.15) is 6.61 Å². The summed E-state index contributed by atoms with van der Waals surface area (Å²) in [5.41, 5.74) is 0.966. The first kappa shape index (κ1) is 15.5. The molecule has 0 heterocycles. The molecule has 0 aliphatic carbocycles. The molecule has 0 aromatic heterocycles. The van der Waals surface area contributed by atoms with E-state index in [1.807, 2.05) is 37.4 Å². The highest BCUT2D eigenvalue weighted by molar-refractivity contribution is 5.67. The maximum absolute atomic E-state index is 11.8. The Hall–Kier alpha value is -1.55. The Labute approximate surface area is 115 Å². The van der Waals surface area contributed by atoms with Crippen molar-refractivity contribution >= 4 is 6.09 Å². The van der Waals surface area contributed by atoms with Crippen molar-refractivity contribution in [1.82, 2.24) is 10.6 Å². The predicted octanol–water partition coefficient (Wildman–Crippen LogP) is 2.55. The van der Waals surface area contributed by atoms with Crippen LogP contribution in [0.15, 0.2) is 30.3 Å². The van der Waals surface area contributed by atoms with Crippen molar-refractivity contribution in [2.24, 2.45) is 5.41 Å². The van der Waals surface area contributed by atoms with Crippen LogP contribution < -0.4 is 10.6 Å². The van der Waals surface area contributed by atoms with Gasteiger partial charge in [0.05, 0.1) is 0 Å². The first-order chi connectivity index (χ1) is 8.93. The molecule has 1 aromatic carbocycles. The molecule has 1 aromatic rings. The summed E-state index contributed by atoms with van der Waals surface area (Å²) >= 11 is 0. The lowest BCUT2D eigenvalue weighted by atomic mass is 9.87. The van der Waals surface area contributed by atoms with E-state index in [4.69, 9.17) is 4.74 Å². The Morgan fingerprint density at radius 3 is 2.42 bits per heavy atom. The van der Waals surface area contributed by atoms with Crippen molar-refractivity contribution < 1.29 is 9.53 Å². The fraction of sp³-hybridized carbons (Fsp3) is 0.533. The van der Waals surface area contributed by atoms with Gasteiger partial charge < -0.3 is 15.4 Å². The number of benzene rings is 1. The Morgan fingerprint density at radius 2 is 1.89 bits per heavy atom. The van der Waals surface area contributed by atoms with Crippen LogP contribution in [-0.2, 0) is 11.3 Å². The molecule has 0 bridgehead atoms. The maximum atomic E-state index is 11.8. The number of alkyl carbamates (subject to hydrolysis) is 1. The first-order valence-electron chi connectivity index (χ1n) is 6.55. The van der Waals surface area contributed by atoms with E-state index in [9.17, 15) is 4.79 Å². The highest BCUT2D eigenvalue weighted by Crippen LogP contribution is 2.18. The van der Waals surface area contributed by atoms with Gasteiger partial charge in [0.15, 0.2) is 0 Å². The molecule has 0 spiro atoms. The monoisotopic (exact) mass is 264 g/mol. The van der Waals surface area contributed by atoms with Gasteiger partial charge in [0.25, 0.3) is 0 Å². The molecule has 0 saturated heterocycles. The minimum atomic E-state index is -0.376. The minimum Gasteiger partial charge on any atom is -0.445 e. The minimum absolute atomic E-state index is 0.0191. The number of hydrogen-bond acceptors (Lipinski definition) is 3. The van der Waals surface area contributed by atoms with Gasteiger partial charge in [-0.1, -0.05) is 51.1 Å². The van der Waals surface area contributed by atoms with E-state index in [-0.39, 0.29) is 17.6 Å². The average Bonchev–Trinajstić information content (AvgIpc) is 2.36. The molecular formula is C15H24N2O2. The zero-order valence-electron chi connectivity index (χ0n) is 12.2. The summed E-state index contributed by atoms with van der Waals surface area (Å²) in [6, 6.07) is 9.68. The molecule has 4 heteroatoms. The third kappa shape index (κ3) is 5.75. The normalized spacial score (nSPS) is 12.8. The number of hydrogen-bond donors (Lipinski definition) is 2. The summed E-state index contributed by atoms with van der Waals surface area (Å²) in [5.74, 6) is 0. The third-order valence-corrected chi connectivity index (χ3v) is 2.96.